The van der Waals surface area contributed by atoms with Crippen LogP contribution in [0.2, 0.25) is 0 Å². The Morgan fingerprint density at radius 2 is 1.88 bits per heavy atom. The number of fused-ring (bicyclic) bond motifs is 2. The lowest BCUT2D eigenvalue weighted by molar-refractivity contribution is -0.116. The minimum absolute atomic E-state index is 0.124. The highest BCUT2D eigenvalue weighted by atomic mass is 16.5. The van der Waals surface area contributed by atoms with Gasteiger partial charge in [-0.05, 0) is 47.6 Å². The van der Waals surface area contributed by atoms with Crippen molar-refractivity contribution in [1.82, 2.24) is 4.98 Å². The molecule has 0 spiro atoms. The largest absolute Gasteiger partial charge is 0.465 e. The van der Waals surface area contributed by atoms with Gasteiger partial charge in [0, 0.05) is 12.8 Å². The van der Waals surface area contributed by atoms with Crippen LogP contribution in [0.5, 0.6) is 0 Å². The number of oxazole rings is 1. The number of carbonyl (C=O) groups excluding carboxylic acids is 2. The summed E-state index contributed by atoms with van der Waals surface area (Å²) in [6.45, 7) is 0. The summed E-state index contributed by atoms with van der Waals surface area (Å²) in [5.74, 6) is 0.0769. The molecule has 166 valence electrons. The normalized spacial score (nSPS) is 14.8. The molecule has 1 heterocycles. The van der Waals surface area contributed by atoms with Crippen LogP contribution in [0.1, 0.15) is 51.7 Å². The van der Waals surface area contributed by atoms with E-state index in [-0.39, 0.29) is 11.8 Å². The van der Waals surface area contributed by atoms with Crippen LogP contribution in [0.3, 0.4) is 0 Å². The second kappa shape index (κ2) is 8.90. The molecule has 1 amide bonds. The number of nitrogens with zero attached hydrogens (tertiary/aromatic N) is 1. The molecule has 33 heavy (non-hydrogen) atoms. The highest BCUT2D eigenvalue weighted by molar-refractivity contribution is 6.03. The van der Waals surface area contributed by atoms with E-state index < -0.39 is 5.97 Å². The lowest BCUT2D eigenvalue weighted by Crippen LogP contribution is -2.15. The summed E-state index contributed by atoms with van der Waals surface area (Å²) in [4.78, 5) is 29.8. The zero-order valence-electron chi connectivity index (χ0n) is 18.3. The number of rotatable bonds is 6. The lowest BCUT2D eigenvalue weighted by atomic mass is 9.97. The summed E-state index contributed by atoms with van der Waals surface area (Å²) in [5, 5.41) is 2.96. The van der Waals surface area contributed by atoms with Crippen LogP contribution in [-0.4, -0.2) is 24.0 Å². The average molecular weight is 440 g/mol. The van der Waals surface area contributed by atoms with E-state index in [0.29, 0.717) is 41.1 Å². The number of hydrogen-bond donors (Lipinski definition) is 1. The number of esters is 1. The van der Waals surface area contributed by atoms with Crippen LogP contribution in [0, 0.1) is 0 Å². The molecule has 1 atom stereocenters. The number of carbonyl (C=O) groups is 2. The standard InChI is InChI=1S/C27H24N2O4/c1-32-27(31)20-14-22(28-24(30)16-19-12-11-18-9-5-6-10-21(18)19)26-23(15-20)29-25(33-26)13-17-7-3-2-4-8-17/h2-10,14-15,19H,11-13,16H2,1H3,(H,28,30)/t19-/m1/s1. The van der Waals surface area contributed by atoms with Gasteiger partial charge in [-0.1, -0.05) is 54.6 Å². The van der Waals surface area contributed by atoms with Crippen molar-refractivity contribution < 1.29 is 18.7 Å². The Bertz CT molecular complexity index is 1330. The maximum Gasteiger partial charge on any atom is 0.338 e. The number of aromatic nitrogens is 1. The number of amides is 1. The fourth-order valence-electron chi connectivity index (χ4n) is 4.54. The van der Waals surface area contributed by atoms with E-state index in [1.165, 1.54) is 18.2 Å². The van der Waals surface area contributed by atoms with Crippen molar-refractivity contribution in [3.63, 3.8) is 0 Å². The summed E-state index contributed by atoms with van der Waals surface area (Å²) < 4.78 is 10.9. The van der Waals surface area contributed by atoms with Gasteiger partial charge in [0.05, 0.1) is 18.4 Å². The highest BCUT2D eigenvalue weighted by Crippen LogP contribution is 2.36. The number of nitrogens with one attached hydrogen (secondary N) is 1. The van der Waals surface area contributed by atoms with E-state index >= 15 is 0 Å². The summed E-state index contributed by atoms with van der Waals surface area (Å²) in [5.41, 5.74) is 5.31. The summed E-state index contributed by atoms with van der Waals surface area (Å²) in [7, 11) is 1.33. The predicted octanol–water partition coefficient (Wildman–Crippen LogP) is 5.26. The molecule has 4 aromatic rings. The molecule has 5 rings (SSSR count). The monoisotopic (exact) mass is 440 g/mol. The van der Waals surface area contributed by atoms with Gasteiger partial charge in [0.1, 0.15) is 5.52 Å². The topological polar surface area (TPSA) is 81.4 Å². The SMILES string of the molecule is COC(=O)c1cc(NC(=O)C[C@H]2CCc3ccccc32)c2oc(Cc3ccccc3)nc2c1. The van der Waals surface area contributed by atoms with Gasteiger partial charge in [0.25, 0.3) is 0 Å². The first kappa shape index (κ1) is 20.9. The minimum atomic E-state index is -0.496. The average Bonchev–Trinajstić information content (AvgIpc) is 3.43. The maximum absolute atomic E-state index is 13.0. The summed E-state index contributed by atoms with van der Waals surface area (Å²) in [6.07, 6.45) is 2.82. The number of benzene rings is 3. The van der Waals surface area contributed by atoms with E-state index in [1.807, 2.05) is 42.5 Å². The van der Waals surface area contributed by atoms with Crippen molar-refractivity contribution in [2.75, 3.05) is 12.4 Å². The van der Waals surface area contributed by atoms with Crippen molar-refractivity contribution in [2.24, 2.45) is 0 Å². The number of methoxy groups -OCH3 is 1. The first-order valence-corrected chi connectivity index (χ1v) is 11.0. The minimum Gasteiger partial charge on any atom is -0.465 e. The van der Waals surface area contributed by atoms with Crippen LogP contribution in [0.4, 0.5) is 5.69 Å². The van der Waals surface area contributed by atoms with Crippen molar-refractivity contribution >= 4 is 28.7 Å². The maximum atomic E-state index is 13.0. The van der Waals surface area contributed by atoms with E-state index in [4.69, 9.17) is 9.15 Å². The van der Waals surface area contributed by atoms with Crippen molar-refractivity contribution in [1.29, 1.82) is 0 Å². The first-order valence-electron chi connectivity index (χ1n) is 11.0. The Balaban J connectivity index is 1.43. The molecule has 0 unspecified atom stereocenters. The van der Waals surface area contributed by atoms with Gasteiger partial charge in [0.2, 0.25) is 5.91 Å². The second-order valence-corrected chi connectivity index (χ2v) is 8.32. The molecule has 6 nitrogen and oxygen atoms in total. The van der Waals surface area contributed by atoms with Gasteiger partial charge in [-0.2, -0.15) is 0 Å². The first-order chi connectivity index (χ1) is 16.1. The van der Waals surface area contributed by atoms with Gasteiger partial charge in [-0.15, -0.1) is 0 Å². The third-order valence-electron chi connectivity index (χ3n) is 6.12. The zero-order valence-corrected chi connectivity index (χ0v) is 18.3. The molecule has 1 aliphatic carbocycles. The molecule has 0 saturated heterocycles. The summed E-state index contributed by atoms with van der Waals surface area (Å²) in [6, 6.07) is 21.4. The van der Waals surface area contributed by atoms with E-state index in [0.717, 1.165) is 18.4 Å². The molecule has 6 heteroatoms. The molecule has 1 aromatic heterocycles. The molecule has 0 bridgehead atoms. The second-order valence-electron chi connectivity index (χ2n) is 8.32. The third-order valence-corrected chi connectivity index (χ3v) is 6.12. The quantitative estimate of drug-likeness (QED) is 0.414. The van der Waals surface area contributed by atoms with Crippen LogP contribution in [0.15, 0.2) is 71.1 Å². The molecule has 0 aliphatic heterocycles. The van der Waals surface area contributed by atoms with Gasteiger partial charge in [-0.3, -0.25) is 4.79 Å². The van der Waals surface area contributed by atoms with E-state index in [9.17, 15) is 9.59 Å². The van der Waals surface area contributed by atoms with Crippen molar-refractivity contribution in [3.05, 3.63) is 94.9 Å². The van der Waals surface area contributed by atoms with Crippen molar-refractivity contribution in [2.45, 2.75) is 31.6 Å². The molecular weight excluding hydrogens is 416 g/mol. The number of hydrogen-bond acceptors (Lipinski definition) is 5. The van der Waals surface area contributed by atoms with Gasteiger partial charge in [-0.25, -0.2) is 9.78 Å². The fraction of sp³-hybridized carbons (Fsp3) is 0.222. The van der Waals surface area contributed by atoms with E-state index in [2.05, 4.69) is 22.4 Å². The summed E-state index contributed by atoms with van der Waals surface area (Å²) >= 11 is 0. The number of anilines is 1. The van der Waals surface area contributed by atoms with Crippen LogP contribution in [0.25, 0.3) is 11.1 Å². The Morgan fingerprint density at radius 3 is 2.70 bits per heavy atom. The molecular formula is C27H24N2O4. The van der Waals surface area contributed by atoms with Gasteiger partial charge < -0.3 is 14.5 Å². The zero-order chi connectivity index (χ0) is 22.8. The Labute approximate surface area is 191 Å². The Morgan fingerprint density at radius 1 is 1.09 bits per heavy atom. The molecule has 1 aliphatic rings. The number of aryl methyl sites for hydroxylation is 1. The molecule has 1 N–H and O–H groups in total. The van der Waals surface area contributed by atoms with E-state index in [1.54, 1.807) is 12.1 Å². The van der Waals surface area contributed by atoms with Crippen LogP contribution in [-0.2, 0) is 22.4 Å². The Kier molecular flexibility index (Phi) is 5.65. The Hall–Kier alpha value is -3.93. The van der Waals surface area contributed by atoms with Gasteiger partial charge in [0.15, 0.2) is 11.5 Å². The molecule has 0 fully saturated rings. The predicted molar refractivity (Wildman–Crippen MR) is 125 cm³/mol. The molecule has 3 aromatic carbocycles. The fourth-order valence-corrected chi connectivity index (χ4v) is 4.54. The van der Waals surface area contributed by atoms with Crippen LogP contribution < -0.4 is 5.32 Å². The van der Waals surface area contributed by atoms with Crippen LogP contribution >= 0.6 is 0 Å². The van der Waals surface area contributed by atoms with Crippen molar-refractivity contribution in [3.8, 4) is 0 Å². The number of ether oxygens (including phenoxy) is 1. The highest BCUT2D eigenvalue weighted by Gasteiger charge is 2.25. The van der Waals surface area contributed by atoms with Gasteiger partial charge >= 0.3 is 5.97 Å². The smallest absolute Gasteiger partial charge is 0.338 e. The third kappa shape index (κ3) is 4.37. The molecule has 0 radical (unpaired) electrons. The molecule has 0 saturated carbocycles. The lowest BCUT2D eigenvalue weighted by Gasteiger charge is -2.12.